The van der Waals surface area contributed by atoms with Gasteiger partial charge in [-0.1, -0.05) is 24.3 Å². The number of aromatic nitrogens is 1. The number of sulfone groups is 1. The molecule has 1 fully saturated rings. The molecular weight excluding hydrogens is 478 g/mol. The highest BCUT2D eigenvalue weighted by Gasteiger charge is 2.30. The quantitative estimate of drug-likeness (QED) is 0.483. The summed E-state index contributed by atoms with van der Waals surface area (Å²) >= 11 is 0. The SMILES string of the molecule is CS(=O)(=O)c1ccccc1CN1CCC(N(Cc2cccnc2)C(=O)c2ccc3c(c2)OCO3)CC1. The van der Waals surface area contributed by atoms with Crippen LogP contribution in [0.3, 0.4) is 0 Å². The highest BCUT2D eigenvalue weighted by atomic mass is 32.2. The number of piperidine rings is 1. The monoisotopic (exact) mass is 507 g/mol. The van der Waals surface area contributed by atoms with E-state index in [2.05, 4.69) is 9.88 Å². The molecule has 5 rings (SSSR count). The van der Waals surface area contributed by atoms with Crippen LogP contribution in [0.25, 0.3) is 0 Å². The standard InChI is InChI=1S/C27H29N3O5S/c1-36(32,33)26-7-3-2-6-22(26)18-29-13-10-23(11-14-29)30(17-20-5-4-12-28-16-20)27(31)21-8-9-24-25(15-21)35-19-34-24/h2-9,12,15-16,23H,10-11,13-14,17-19H2,1H3. The second-order valence-corrected chi connectivity index (χ2v) is 11.2. The van der Waals surface area contributed by atoms with E-state index in [1.54, 1.807) is 42.7 Å². The number of benzene rings is 2. The van der Waals surface area contributed by atoms with Crippen LogP contribution in [-0.4, -0.2) is 61.3 Å². The summed E-state index contributed by atoms with van der Waals surface area (Å²) in [5.41, 5.74) is 2.34. The average molecular weight is 508 g/mol. The summed E-state index contributed by atoms with van der Waals surface area (Å²) < 4.78 is 35.3. The summed E-state index contributed by atoms with van der Waals surface area (Å²) in [6, 6.07) is 16.4. The normalized spacial score (nSPS) is 16.1. The van der Waals surface area contributed by atoms with Crippen molar-refractivity contribution >= 4 is 15.7 Å². The molecule has 0 spiro atoms. The zero-order valence-corrected chi connectivity index (χ0v) is 21.0. The topological polar surface area (TPSA) is 89.0 Å². The second-order valence-electron chi connectivity index (χ2n) is 9.25. The van der Waals surface area contributed by atoms with E-state index in [0.29, 0.717) is 35.0 Å². The fraction of sp³-hybridized carbons (Fsp3) is 0.333. The van der Waals surface area contributed by atoms with E-state index >= 15 is 0 Å². The van der Waals surface area contributed by atoms with E-state index in [1.807, 2.05) is 29.2 Å². The van der Waals surface area contributed by atoms with Crippen molar-refractivity contribution in [3.63, 3.8) is 0 Å². The molecule has 9 heteroatoms. The van der Waals surface area contributed by atoms with Crippen molar-refractivity contribution < 1.29 is 22.7 Å². The van der Waals surface area contributed by atoms with Gasteiger partial charge < -0.3 is 14.4 Å². The van der Waals surface area contributed by atoms with Gasteiger partial charge in [0.2, 0.25) is 6.79 Å². The van der Waals surface area contributed by atoms with Crippen LogP contribution in [-0.2, 0) is 22.9 Å². The molecule has 1 aromatic heterocycles. The zero-order chi connectivity index (χ0) is 25.1. The number of pyridine rings is 1. The van der Waals surface area contributed by atoms with Crippen molar-refractivity contribution in [3.05, 3.63) is 83.7 Å². The Morgan fingerprint density at radius 1 is 1.06 bits per heavy atom. The van der Waals surface area contributed by atoms with Crippen LogP contribution >= 0.6 is 0 Å². The molecule has 1 saturated heterocycles. The van der Waals surface area contributed by atoms with Crippen molar-refractivity contribution in [1.29, 1.82) is 0 Å². The van der Waals surface area contributed by atoms with Crippen molar-refractivity contribution in [3.8, 4) is 11.5 Å². The largest absolute Gasteiger partial charge is 0.454 e. The number of likely N-dealkylation sites (tertiary alicyclic amines) is 1. The maximum Gasteiger partial charge on any atom is 0.254 e. The van der Waals surface area contributed by atoms with Crippen LogP contribution in [0.2, 0.25) is 0 Å². The van der Waals surface area contributed by atoms with Gasteiger partial charge in [-0.2, -0.15) is 0 Å². The molecule has 3 heterocycles. The Hall–Kier alpha value is -3.43. The van der Waals surface area contributed by atoms with Gasteiger partial charge in [-0.15, -0.1) is 0 Å². The molecule has 0 radical (unpaired) electrons. The summed E-state index contributed by atoms with van der Waals surface area (Å²) in [6.45, 7) is 2.71. The molecular formula is C27H29N3O5S. The van der Waals surface area contributed by atoms with Crippen molar-refractivity contribution in [2.24, 2.45) is 0 Å². The van der Waals surface area contributed by atoms with Gasteiger partial charge in [0.1, 0.15) is 0 Å². The molecule has 3 aromatic rings. The van der Waals surface area contributed by atoms with E-state index in [9.17, 15) is 13.2 Å². The number of hydrogen-bond acceptors (Lipinski definition) is 7. The first-order valence-electron chi connectivity index (χ1n) is 12.0. The van der Waals surface area contributed by atoms with Gasteiger partial charge in [0.15, 0.2) is 21.3 Å². The summed E-state index contributed by atoms with van der Waals surface area (Å²) in [5, 5.41) is 0. The van der Waals surface area contributed by atoms with Crippen LogP contribution in [0.5, 0.6) is 11.5 Å². The smallest absolute Gasteiger partial charge is 0.254 e. The molecule has 8 nitrogen and oxygen atoms in total. The minimum absolute atomic E-state index is 0.0459. The molecule has 0 N–H and O–H groups in total. The van der Waals surface area contributed by atoms with Gasteiger partial charge >= 0.3 is 0 Å². The van der Waals surface area contributed by atoms with Crippen LogP contribution in [0.1, 0.15) is 34.3 Å². The Labute approximate surface area is 211 Å². The van der Waals surface area contributed by atoms with Gasteiger partial charge in [-0.05, 0) is 54.3 Å². The number of carbonyl (C=O) groups is 1. The van der Waals surface area contributed by atoms with E-state index in [1.165, 1.54) is 6.26 Å². The molecule has 0 unspecified atom stereocenters. The third-order valence-corrected chi connectivity index (χ3v) is 7.92. The summed E-state index contributed by atoms with van der Waals surface area (Å²) in [7, 11) is -3.29. The van der Waals surface area contributed by atoms with Crippen molar-refractivity contribution in [2.75, 3.05) is 26.1 Å². The molecule has 2 aromatic carbocycles. The van der Waals surface area contributed by atoms with Crippen molar-refractivity contribution in [1.82, 2.24) is 14.8 Å². The molecule has 2 aliphatic heterocycles. The lowest BCUT2D eigenvalue weighted by Crippen LogP contribution is -2.47. The molecule has 0 atom stereocenters. The highest BCUT2D eigenvalue weighted by Crippen LogP contribution is 2.33. The fourth-order valence-corrected chi connectivity index (χ4v) is 5.81. The highest BCUT2D eigenvalue weighted by molar-refractivity contribution is 7.90. The number of fused-ring (bicyclic) bond motifs is 1. The fourth-order valence-electron chi connectivity index (χ4n) is 4.88. The predicted octanol–water partition coefficient (Wildman–Crippen LogP) is 3.52. The first-order chi connectivity index (χ1) is 17.4. The van der Waals surface area contributed by atoms with E-state index in [4.69, 9.17) is 9.47 Å². The number of ether oxygens (including phenoxy) is 2. The first-order valence-corrected chi connectivity index (χ1v) is 13.9. The van der Waals surface area contributed by atoms with Crippen LogP contribution in [0, 0.1) is 0 Å². The maximum absolute atomic E-state index is 13.7. The number of nitrogens with zero attached hydrogens (tertiary/aromatic N) is 3. The minimum atomic E-state index is -3.29. The molecule has 0 aliphatic carbocycles. The third-order valence-electron chi connectivity index (χ3n) is 6.72. The van der Waals surface area contributed by atoms with E-state index in [0.717, 1.165) is 37.1 Å². The Morgan fingerprint density at radius 3 is 2.58 bits per heavy atom. The Balaban J connectivity index is 1.32. The summed E-state index contributed by atoms with van der Waals surface area (Å²) in [4.78, 5) is 22.5. The first kappa shape index (κ1) is 24.3. The molecule has 0 bridgehead atoms. The van der Waals surface area contributed by atoms with Gasteiger partial charge in [-0.3, -0.25) is 14.7 Å². The number of rotatable bonds is 7. The van der Waals surface area contributed by atoms with Gasteiger partial charge in [0, 0.05) is 56.4 Å². The number of carbonyl (C=O) groups excluding carboxylic acids is 1. The lowest BCUT2D eigenvalue weighted by Gasteiger charge is -2.39. The van der Waals surface area contributed by atoms with Gasteiger partial charge in [0.25, 0.3) is 5.91 Å². The summed E-state index contributed by atoms with van der Waals surface area (Å²) in [6.07, 6.45) is 6.34. The molecule has 0 saturated carbocycles. The Kier molecular flexibility index (Phi) is 6.93. The molecule has 2 aliphatic rings. The lowest BCUT2D eigenvalue weighted by molar-refractivity contribution is 0.0541. The zero-order valence-electron chi connectivity index (χ0n) is 20.2. The Morgan fingerprint density at radius 2 is 1.83 bits per heavy atom. The van der Waals surface area contributed by atoms with Crippen LogP contribution in [0.15, 0.2) is 71.9 Å². The van der Waals surface area contributed by atoms with Gasteiger partial charge in [-0.25, -0.2) is 8.42 Å². The van der Waals surface area contributed by atoms with Gasteiger partial charge in [0.05, 0.1) is 4.90 Å². The van der Waals surface area contributed by atoms with E-state index < -0.39 is 9.84 Å². The number of amides is 1. The third kappa shape index (κ3) is 5.37. The lowest BCUT2D eigenvalue weighted by atomic mass is 10.00. The van der Waals surface area contributed by atoms with Crippen molar-refractivity contribution in [2.45, 2.75) is 36.9 Å². The van der Waals surface area contributed by atoms with E-state index in [-0.39, 0.29) is 18.7 Å². The maximum atomic E-state index is 13.7. The Bertz CT molecular complexity index is 1340. The van der Waals surface area contributed by atoms with Crippen LogP contribution < -0.4 is 9.47 Å². The molecule has 188 valence electrons. The minimum Gasteiger partial charge on any atom is -0.454 e. The second kappa shape index (κ2) is 10.3. The molecule has 1 amide bonds. The van der Waals surface area contributed by atoms with Crippen LogP contribution in [0.4, 0.5) is 0 Å². The predicted molar refractivity (Wildman–Crippen MR) is 135 cm³/mol. The molecule has 36 heavy (non-hydrogen) atoms. The average Bonchev–Trinajstić information content (AvgIpc) is 3.36. The number of hydrogen-bond donors (Lipinski definition) is 0. The summed E-state index contributed by atoms with van der Waals surface area (Å²) in [5.74, 6) is 1.17.